The fourth-order valence-corrected chi connectivity index (χ4v) is 5.69. The molecule has 0 spiro atoms. The van der Waals surface area contributed by atoms with Gasteiger partial charge >= 0.3 is 0 Å². The van der Waals surface area contributed by atoms with Gasteiger partial charge in [-0.2, -0.15) is 0 Å². The molecule has 10 heavy (non-hydrogen) atoms. The summed E-state index contributed by atoms with van der Waals surface area (Å²) >= 11 is 0. The van der Waals surface area contributed by atoms with Gasteiger partial charge in [0.15, 0.2) is 0 Å². The van der Waals surface area contributed by atoms with Gasteiger partial charge in [-0.3, -0.25) is 0 Å². The summed E-state index contributed by atoms with van der Waals surface area (Å²) in [6, 6.07) is 0. The van der Waals surface area contributed by atoms with Gasteiger partial charge in [-0.15, -0.1) is 7.92 Å². The highest BCUT2D eigenvalue weighted by Crippen LogP contribution is 2.53. The van der Waals surface area contributed by atoms with E-state index in [2.05, 4.69) is 0 Å². The predicted octanol–water partition coefficient (Wildman–Crippen LogP) is 3.20. The van der Waals surface area contributed by atoms with Crippen LogP contribution in [0.1, 0.15) is 38.5 Å². The van der Waals surface area contributed by atoms with E-state index < -0.39 is 0 Å². The highest BCUT2D eigenvalue weighted by atomic mass is 31.1. The van der Waals surface area contributed by atoms with Crippen LogP contribution in [0.3, 0.4) is 0 Å². The smallest absolute Gasteiger partial charge is 0.0209 e. The zero-order valence-corrected chi connectivity index (χ0v) is 7.58. The summed E-state index contributed by atoms with van der Waals surface area (Å²) in [5, 5.41) is 0. The van der Waals surface area contributed by atoms with Crippen LogP contribution in [0.25, 0.3) is 0 Å². The van der Waals surface area contributed by atoms with E-state index in [0.29, 0.717) is 7.92 Å². The van der Waals surface area contributed by atoms with Crippen LogP contribution in [-0.4, -0.2) is 18.0 Å². The third-order valence-corrected chi connectivity index (χ3v) is 6.31. The van der Waals surface area contributed by atoms with Gasteiger partial charge < -0.3 is 0 Å². The van der Waals surface area contributed by atoms with Crippen molar-refractivity contribution in [3.63, 3.8) is 0 Å². The maximum Gasteiger partial charge on any atom is -0.0209 e. The lowest BCUT2D eigenvalue weighted by Crippen LogP contribution is -2.18. The van der Waals surface area contributed by atoms with Crippen LogP contribution in [-0.2, 0) is 0 Å². The standard InChI is InChI=1S/C9H17P/c1-3-7-10-8-4-2-6-9(10)5-1/h9H,1-8H2. The molecular weight excluding hydrogens is 139 g/mol. The quantitative estimate of drug-likeness (QED) is 0.472. The average Bonchev–Trinajstić information content (AvgIpc) is 2.05. The summed E-state index contributed by atoms with van der Waals surface area (Å²) < 4.78 is 0. The Morgan fingerprint density at radius 3 is 1.90 bits per heavy atom. The van der Waals surface area contributed by atoms with Gasteiger partial charge in [0.1, 0.15) is 0 Å². The average molecular weight is 156 g/mol. The Morgan fingerprint density at radius 2 is 1.40 bits per heavy atom. The van der Waals surface area contributed by atoms with Gasteiger partial charge in [0.25, 0.3) is 0 Å². The summed E-state index contributed by atoms with van der Waals surface area (Å²) in [4.78, 5) is 0. The first kappa shape index (κ1) is 7.10. The molecule has 0 saturated carbocycles. The third kappa shape index (κ3) is 1.37. The van der Waals surface area contributed by atoms with E-state index in [1.807, 2.05) is 0 Å². The van der Waals surface area contributed by atoms with E-state index in [9.17, 15) is 0 Å². The molecule has 0 N–H and O–H groups in total. The number of fused-ring (bicyclic) bond motifs is 1. The fourth-order valence-electron chi connectivity index (χ4n) is 2.38. The molecule has 2 saturated heterocycles. The summed E-state index contributed by atoms with van der Waals surface area (Å²) in [5.41, 5.74) is 1.22. The summed E-state index contributed by atoms with van der Waals surface area (Å²) in [6.45, 7) is 0. The lowest BCUT2D eigenvalue weighted by atomic mass is 10.1. The molecule has 2 fully saturated rings. The first-order chi connectivity index (χ1) is 4.97. The number of rotatable bonds is 0. The normalized spacial score (nSPS) is 40.8. The maximum absolute atomic E-state index is 1.62. The molecule has 2 aliphatic rings. The zero-order chi connectivity index (χ0) is 6.81. The van der Waals surface area contributed by atoms with Gasteiger partial charge in [-0.05, 0) is 43.7 Å². The second-order valence-electron chi connectivity index (χ2n) is 3.68. The van der Waals surface area contributed by atoms with Crippen molar-refractivity contribution in [2.24, 2.45) is 0 Å². The van der Waals surface area contributed by atoms with Crippen LogP contribution in [0.4, 0.5) is 0 Å². The Labute approximate surface area is 65.1 Å². The van der Waals surface area contributed by atoms with Gasteiger partial charge in [-0.1, -0.05) is 12.8 Å². The van der Waals surface area contributed by atoms with Crippen LogP contribution >= 0.6 is 7.92 Å². The molecular formula is C9H17P. The Morgan fingerprint density at radius 1 is 0.800 bits per heavy atom. The van der Waals surface area contributed by atoms with E-state index in [-0.39, 0.29) is 0 Å². The molecule has 58 valence electrons. The highest BCUT2D eigenvalue weighted by molar-refractivity contribution is 7.58. The Hall–Kier alpha value is 0.430. The van der Waals surface area contributed by atoms with E-state index in [0.717, 1.165) is 0 Å². The molecule has 0 aliphatic carbocycles. The molecule has 0 unspecified atom stereocenters. The number of hydrogen-bond donors (Lipinski definition) is 0. The molecule has 0 atom stereocenters. The monoisotopic (exact) mass is 156 g/mol. The summed E-state index contributed by atoms with van der Waals surface area (Å²) in [7, 11) is 0.554. The molecule has 0 aromatic rings. The first-order valence-electron chi connectivity index (χ1n) is 4.71. The van der Waals surface area contributed by atoms with E-state index in [4.69, 9.17) is 0 Å². The summed E-state index contributed by atoms with van der Waals surface area (Å²) in [6.07, 6.45) is 12.6. The van der Waals surface area contributed by atoms with Crippen molar-refractivity contribution in [2.75, 3.05) is 12.3 Å². The molecule has 0 radical (unpaired) electrons. The molecule has 2 rings (SSSR count). The molecule has 2 aliphatic heterocycles. The SMILES string of the molecule is C1CCP2CCCCC2C1. The van der Waals surface area contributed by atoms with E-state index in [1.54, 1.807) is 50.8 Å². The van der Waals surface area contributed by atoms with E-state index >= 15 is 0 Å². The van der Waals surface area contributed by atoms with Crippen molar-refractivity contribution in [2.45, 2.75) is 44.2 Å². The molecule has 0 nitrogen and oxygen atoms in total. The van der Waals surface area contributed by atoms with Crippen molar-refractivity contribution in [3.8, 4) is 0 Å². The van der Waals surface area contributed by atoms with Crippen molar-refractivity contribution < 1.29 is 0 Å². The molecule has 0 bridgehead atoms. The minimum absolute atomic E-state index is 0.554. The van der Waals surface area contributed by atoms with Gasteiger partial charge in [0.2, 0.25) is 0 Å². The van der Waals surface area contributed by atoms with Crippen LogP contribution < -0.4 is 0 Å². The van der Waals surface area contributed by atoms with Crippen LogP contribution in [0.2, 0.25) is 0 Å². The molecule has 1 heteroatoms. The lowest BCUT2D eigenvalue weighted by Gasteiger charge is -2.35. The third-order valence-electron chi connectivity index (χ3n) is 2.98. The molecule has 0 aromatic carbocycles. The maximum atomic E-state index is 1.62. The van der Waals surface area contributed by atoms with E-state index in [1.165, 1.54) is 5.66 Å². The van der Waals surface area contributed by atoms with Gasteiger partial charge in [0, 0.05) is 0 Å². The van der Waals surface area contributed by atoms with Gasteiger partial charge in [-0.25, -0.2) is 0 Å². The minimum atomic E-state index is 0.554. The lowest BCUT2D eigenvalue weighted by molar-refractivity contribution is 0.567. The zero-order valence-electron chi connectivity index (χ0n) is 6.68. The first-order valence-corrected chi connectivity index (χ1v) is 6.49. The van der Waals surface area contributed by atoms with Crippen LogP contribution in [0, 0.1) is 0 Å². The predicted molar refractivity (Wildman–Crippen MR) is 48.1 cm³/mol. The van der Waals surface area contributed by atoms with Crippen molar-refractivity contribution in [1.82, 2.24) is 0 Å². The molecule has 2 heterocycles. The fraction of sp³-hybridized carbons (Fsp3) is 1.00. The van der Waals surface area contributed by atoms with Gasteiger partial charge in [0.05, 0.1) is 0 Å². The molecule has 0 aromatic heterocycles. The molecule has 0 amide bonds. The van der Waals surface area contributed by atoms with Crippen molar-refractivity contribution in [3.05, 3.63) is 0 Å². The second kappa shape index (κ2) is 3.22. The van der Waals surface area contributed by atoms with Crippen LogP contribution in [0.5, 0.6) is 0 Å². The minimum Gasteiger partial charge on any atom is -0.104 e. The Kier molecular flexibility index (Phi) is 2.28. The van der Waals surface area contributed by atoms with Crippen molar-refractivity contribution >= 4 is 7.92 Å². The Bertz CT molecular complexity index is 85.3. The Balaban J connectivity index is 1.93. The highest BCUT2D eigenvalue weighted by Gasteiger charge is 2.26. The summed E-state index contributed by atoms with van der Waals surface area (Å²) in [5.74, 6) is 0. The largest absolute Gasteiger partial charge is 0.104 e. The van der Waals surface area contributed by atoms with Crippen molar-refractivity contribution in [1.29, 1.82) is 0 Å². The topological polar surface area (TPSA) is 0 Å². The van der Waals surface area contributed by atoms with Crippen LogP contribution in [0.15, 0.2) is 0 Å². The second-order valence-corrected chi connectivity index (χ2v) is 6.48. The number of hydrogen-bond acceptors (Lipinski definition) is 0.